The van der Waals surface area contributed by atoms with Crippen LogP contribution in [0.4, 0.5) is 0 Å². The van der Waals surface area contributed by atoms with Crippen molar-refractivity contribution in [1.29, 1.82) is 0 Å². The number of aromatic nitrogens is 5. The number of carbonyl (C=O) groups is 1. The van der Waals surface area contributed by atoms with Gasteiger partial charge in [0.15, 0.2) is 0 Å². The van der Waals surface area contributed by atoms with Gasteiger partial charge in [-0.3, -0.25) is 9.36 Å². The van der Waals surface area contributed by atoms with Crippen LogP contribution >= 0.6 is 11.6 Å². The Morgan fingerprint density at radius 2 is 1.82 bits per heavy atom. The maximum absolute atomic E-state index is 13.1. The molecule has 1 amide bonds. The van der Waals surface area contributed by atoms with Crippen LogP contribution in [0, 0.1) is 0 Å². The molecule has 33 heavy (non-hydrogen) atoms. The molecule has 0 atom stereocenters. The number of halogens is 1. The molecule has 162 valence electrons. The zero-order chi connectivity index (χ0) is 22.6. The van der Waals surface area contributed by atoms with Crippen molar-refractivity contribution < 1.29 is 4.79 Å². The molecule has 1 N–H and O–H groups in total. The number of nitrogens with zero attached hydrogens (tertiary/aromatic N) is 5. The van der Waals surface area contributed by atoms with E-state index in [0.717, 1.165) is 22.6 Å². The molecule has 8 heteroatoms. The molecule has 0 aliphatic carbocycles. The Morgan fingerprint density at radius 1 is 1.00 bits per heavy atom. The van der Waals surface area contributed by atoms with Gasteiger partial charge in [-0.1, -0.05) is 48.0 Å². The third-order valence-corrected chi connectivity index (χ3v) is 5.37. The van der Waals surface area contributed by atoms with Crippen LogP contribution < -0.4 is 5.32 Å². The summed E-state index contributed by atoms with van der Waals surface area (Å²) in [6, 6.07) is 22.5. The fraction of sp³-hybridized carbons (Fsp3) is 0.0400. The molecule has 2 aromatic carbocycles. The summed E-state index contributed by atoms with van der Waals surface area (Å²) < 4.78 is 3.47. The van der Waals surface area contributed by atoms with Crippen LogP contribution in [0.15, 0.2) is 97.7 Å². The van der Waals surface area contributed by atoms with Crippen molar-refractivity contribution >= 4 is 17.5 Å². The molecule has 0 radical (unpaired) electrons. The number of hydrogen-bond acceptors (Lipinski definition) is 4. The second kappa shape index (κ2) is 9.10. The van der Waals surface area contributed by atoms with E-state index in [-0.39, 0.29) is 5.91 Å². The molecule has 0 saturated heterocycles. The molecule has 3 heterocycles. The van der Waals surface area contributed by atoms with Crippen LogP contribution in [-0.4, -0.2) is 30.2 Å². The van der Waals surface area contributed by atoms with Gasteiger partial charge in [-0.25, -0.2) is 14.6 Å². The number of nitrogens with one attached hydrogen (secondary N) is 1. The predicted molar refractivity (Wildman–Crippen MR) is 127 cm³/mol. The van der Waals surface area contributed by atoms with Crippen LogP contribution in [0.1, 0.15) is 16.1 Å². The van der Waals surface area contributed by atoms with E-state index in [9.17, 15) is 4.79 Å². The van der Waals surface area contributed by atoms with E-state index >= 15 is 0 Å². The molecule has 5 aromatic rings. The number of pyridine rings is 1. The summed E-state index contributed by atoms with van der Waals surface area (Å²) in [5.74, 6) is 0.530. The van der Waals surface area contributed by atoms with Gasteiger partial charge in [-0.2, -0.15) is 5.10 Å². The number of carbonyl (C=O) groups excluding carboxylic acids is 1. The van der Waals surface area contributed by atoms with Crippen LogP contribution in [0.3, 0.4) is 0 Å². The van der Waals surface area contributed by atoms with Crippen molar-refractivity contribution in [2.75, 3.05) is 0 Å². The molecule has 0 saturated carbocycles. The Labute approximate surface area is 195 Å². The first-order valence-corrected chi connectivity index (χ1v) is 10.7. The van der Waals surface area contributed by atoms with E-state index in [1.54, 1.807) is 41.6 Å². The molecule has 3 aromatic heterocycles. The van der Waals surface area contributed by atoms with E-state index in [2.05, 4.69) is 20.4 Å². The van der Waals surface area contributed by atoms with E-state index in [1.165, 1.54) is 0 Å². The fourth-order valence-electron chi connectivity index (χ4n) is 3.41. The lowest BCUT2D eigenvalue weighted by atomic mass is 10.1. The van der Waals surface area contributed by atoms with Gasteiger partial charge in [-0.05, 0) is 42.0 Å². The number of rotatable bonds is 6. The van der Waals surface area contributed by atoms with Crippen molar-refractivity contribution in [1.82, 2.24) is 29.6 Å². The first kappa shape index (κ1) is 20.7. The molecule has 0 fully saturated rings. The summed E-state index contributed by atoms with van der Waals surface area (Å²) in [5.41, 5.74) is 3.69. The van der Waals surface area contributed by atoms with E-state index in [0.29, 0.717) is 23.0 Å². The normalized spacial score (nSPS) is 10.8. The highest BCUT2D eigenvalue weighted by Crippen LogP contribution is 2.23. The SMILES string of the molecule is O=C(NCc1ccc(-n2ccnc2)nc1)c1cc(-c2ccc(Cl)cc2)nn1-c1ccccc1. The fourth-order valence-corrected chi connectivity index (χ4v) is 3.54. The van der Waals surface area contributed by atoms with Crippen LogP contribution in [-0.2, 0) is 6.54 Å². The molecule has 5 rings (SSSR count). The largest absolute Gasteiger partial charge is 0.347 e. The average Bonchev–Trinajstić information content (AvgIpc) is 3.55. The van der Waals surface area contributed by atoms with E-state index in [1.807, 2.05) is 65.4 Å². The van der Waals surface area contributed by atoms with Gasteiger partial charge in [0.1, 0.15) is 17.8 Å². The van der Waals surface area contributed by atoms with E-state index in [4.69, 9.17) is 11.6 Å². The minimum atomic E-state index is -0.231. The zero-order valence-electron chi connectivity index (χ0n) is 17.5. The topological polar surface area (TPSA) is 77.6 Å². The third-order valence-electron chi connectivity index (χ3n) is 5.11. The smallest absolute Gasteiger partial charge is 0.270 e. The number of para-hydroxylation sites is 1. The average molecular weight is 455 g/mol. The predicted octanol–water partition coefficient (Wildman–Crippen LogP) is 4.70. The van der Waals surface area contributed by atoms with Crippen molar-refractivity contribution in [2.24, 2.45) is 0 Å². The zero-order valence-corrected chi connectivity index (χ0v) is 18.2. The number of imidazole rings is 1. The number of amides is 1. The maximum Gasteiger partial charge on any atom is 0.270 e. The molecule has 0 spiro atoms. The van der Waals surface area contributed by atoms with Gasteiger partial charge >= 0.3 is 0 Å². The highest BCUT2D eigenvalue weighted by Gasteiger charge is 2.17. The summed E-state index contributed by atoms with van der Waals surface area (Å²) in [6.45, 7) is 0.340. The Kier molecular flexibility index (Phi) is 5.70. The summed E-state index contributed by atoms with van der Waals surface area (Å²) in [6.07, 6.45) is 6.95. The first-order chi connectivity index (χ1) is 16.2. The van der Waals surface area contributed by atoms with Gasteiger partial charge in [-0.15, -0.1) is 0 Å². The molecule has 0 unspecified atom stereocenters. The van der Waals surface area contributed by atoms with Crippen LogP contribution in [0.5, 0.6) is 0 Å². The monoisotopic (exact) mass is 454 g/mol. The Balaban J connectivity index is 1.39. The van der Waals surface area contributed by atoms with Crippen molar-refractivity contribution in [3.63, 3.8) is 0 Å². The first-order valence-electron chi connectivity index (χ1n) is 10.3. The molecule has 0 aliphatic rings. The van der Waals surface area contributed by atoms with Crippen molar-refractivity contribution in [3.8, 4) is 22.8 Å². The maximum atomic E-state index is 13.1. The van der Waals surface area contributed by atoms with Gasteiger partial charge < -0.3 is 5.32 Å². The summed E-state index contributed by atoms with van der Waals surface area (Å²) in [7, 11) is 0. The lowest BCUT2D eigenvalue weighted by molar-refractivity contribution is 0.0943. The Bertz CT molecular complexity index is 1360. The van der Waals surface area contributed by atoms with E-state index < -0.39 is 0 Å². The molecular weight excluding hydrogens is 436 g/mol. The second-order valence-corrected chi connectivity index (χ2v) is 7.78. The minimum absolute atomic E-state index is 0.231. The molecule has 0 bridgehead atoms. The Hall–Kier alpha value is -4.23. The quantitative estimate of drug-likeness (QED) is 0.403. The number of benzene rings is 2. The summed E-state index contributed by atoms with van der Waals surface area (Å²) in [4.78, 5) is 21.6. The third kappa shape index (κ3) is 4.53. The highest BCUT2D eigenvalue weighted by molar-refractivity contribution is 6.30. The lowest BCUT2D eigenvalue weighted by Gasteiger charge is -2.09. The molecular formula is C25H19ClN6O. The highest BCUT2D eigenvalue weighted by atomic mass is 35.5. The van der Waals surface area contributed by atoms with Gasteiger partial charge in [0.05, 0.1) is 11.4 Å². The van der Waals surface area contributed by atoms with Crippen molar-refractivity contribution in [2.45, 2.75) is 6.54 Å². The van der Waals surface area contributed by atoms with Crippen LogP contribution in [0.25, 0.3) is 22.8 Å². The lowest BCUT2D eigenvalue weighted by Crippen LogP contribution is -2.25. The number of hydrogen-bond donors (Lipinski definition) is 1. The Morgan fingerprint density at radius 3 is 2.52 bits per heavy atom. The van der Waals surface area contributed by atoms with Crippen LogP contribution in [0.2, 0.25) is 5.02 Å². The van der Waals surface area contributed by atoms with Gasteiger partial charge in [0.25, 0.3) is 5.91 Å². The molecule has 0 aliphatic heterocycles. The van der Waals surface area contributed by atoms with Gasteiger partial charge in [0, 0.05) is 35.7 Å². The van der Waals surface area contributed by atoms with Gasteiger partial charge in [0.2, 0.25) is 0 Å². The second-order valence-electron chi connectivity index (χ2n) is 7.35. The van der Waals surface area contributed by atoms with Crippen molar-refractivity contribution in [3.05, 3.63) is 114 Å². The summed E-state index contributed by atoms with van der Waals surface area (Å²) in [5, 5.41) is 8.31. The minimum Gasteiger partial charge on any atom is -0.347 e. The molecule has 7 nitrogen and oxygen atoms in total. The summed E-state index contributed by atoms with van der Waals surface area (Å²) >= 11 is 6.02. The standard InChI is InChI=1S/C25H19ClN6O/c26-20-9-7-19(8-10-20)22-14-23(32(30-22)21-4-2-1-3-5-21)25(33)29-16-18-6-11-24(28-15-18)31-13-12-27-17-31/h1-15,17H,16H2,(H,29,33).